The molecule has 4 amide bonds. The lowest BCUT2D eigenvalue weighted by atomic mass is 9.99. The first-order chi connectivity index (χ1) is 22.7. The summed E-state index contributed by atoms with van der Waals surface area (Å²) >= 11 is 0. The van der Waals surface area contributed by atoms with E-state index in [-0.39, 0.29) is 30.2 Å². The van der Waals surface area contributed by atoms with Gasteiger partial charge in [-0.15, -0.1) is 0 Å². The number of carboxylic acids is 1. The van der Waals surface area contributed by atoms with Crippen LogP contribution in [0.15, 0.2) is 65.5 Å². The first kappa shape index (κ1) is 35.1. The normalized spacial score (nSPS) is 12.4. The van der Waals surface area contributed by atoms with Gasteiger partial charge in [0.1, 0.15) is 29.9 Å². The Labute approximate surface area is 276 Å². The number of nitrogens with zero attached hydrogens (tertiary/aromatic N) is 1. The molecule has 4 rings (SSSR count). The van der Waals surface area contributed by atoms with Crippen LogP contribution < -0.4 is 26.8 Å². The molecule has 0 unspecified atom stereocenters. The summed E-state index contributed by atoms with van der Waals surface area (Å²) in [6.07, 6.45) is 0.529. The van der Waals surface area contributed by atoms with Gasteiger partial charge in [-0.25, -0.2) is 0 Å². The van der Waals surface area contributed by atoms with E-state index in [2.05, 4.69) is 21.3 Å². The van der Waals surface area contributed by atoms with Gasteiger partial charge in [0.25, 0.3) is 11.5 Å². The molecule has 48 heavy (non-hydrogen) atoms. The minimum Gasteiger partial charge on any atom is -0.506 e. The van der Waals surface area contributed by atoms with Crippen LogP contribution in [-0.2, 0) is 39.2 Å². The van der Waals surface area contributed by atoms with Gasteiger partial charge in [-0.05, 0) is 46.4 Å². The predicted molar refractivity (Wildman–Crippen MR) is 179 cm³/mol. The molecule has 0 aliphatic rings. The van der Waals surface area contributed by atoms with E-state index in [0.717, 1.165) is 20.9 Å². The fraction of sp³-hybridized carbons (Fsp3) is 0.314. The summed E-state index contributed by atoms with van der Waals surface area (Å²) in [5.74, 6) is -4.31. The summed E-state index contributed by atoms with van der Waals surface area (Å²) < 4.78 is 1.16. The van der Waals surface area contributed by atoms with Gasteiger partial charge in [-0.1, -0.05) is 62.4 Å². The zero-order valence-electron chi connectivity index (χ0n) is 27.1. The number of rotatable bonds is 13. The Hall–Kier alpha value is -5.72. The molecule has 13 heteroatoms. The number of carboxylic acid groups (broad SMARTS) is 1. The fourth-order valence-corrected chi connectivity index (χ4v) is 5.48. The van der Waals surface area contributed by atoms with Crippen molar-refractivity contribution < 1.29 is 34.2 Å². The molecular weight excluding hydrogens is 618 g/mol. The van der Waals surface area contributed by atoms with Crippen molar-refractivity contribution in [2.45, 2.75) is 52.2 Å². The molecular formula is C35H39N5O8. The Morgan fingerprint density at radius 3 is 2.19 bits per heavy atom. The predicted octanol–water partition coefficient (Wildman–Crippen LogP) is 2.11. The third-order valence-electron chi connectivity index (χ3n) is 7.81. The number of aromatic hydroxyl groups is 1. The van der Waals surface area contributed by atoms with E-state index in [4.69, 9.17) is 5.11 Å². The average Bonchev–Trinajstić information content (AvgIpc) is 3.04. The fourth-order valence-electron chi connectivity index (χ4n) is 5.48. The quantitative estimate of drug-likeness (QED) is 0.126. The molecule has 0 aliphatic heterocycles. The molecule has 6 N–H and O–H groups in total. The molecule has 13 nitrogen and oxygen atoms in total. The highest BCUT2D eigenvalue weighted by Gasteiger charge is 2.27. The number of carbonyl (C=O) groups excluding carboxylic acids is 4. The number of hydrogen-bond donors (Lipinski definition) is 6. The highest BCUT2D eigenvalue weighted by atomic mass is 16.4. The monoisotopic (exact) mass is 657 g/mol. The summed E-state index contributed by atoms with van der Waals surface area (Å²) in [6.45, 7) is 4.38. The van der Waals surface area contributed by atoms with Crippen molar-refractivity contribution in [3.8, 4) is 5.75 Å². The van der Waals surface area contributed by atoms with Gasteiger partial charge >= 0.3 is 5.97 Å². The van der Waals surface area contributed by atoms with Crippen molar-refractivity contribution in [3.63, 3.8) is 0 Å². The first-order valence-corrected chi connectivity index (χ1v) is 15.4. The van der Waals surface area contributed by atoms with E-state index in [1.54, 1.807) is 12.1 Å². The summed E-state index contributed by atoms with van der Waals surface area (Å²) in [4.78, 5) is 75.2. The Kier molecular flexibility index (Phi) is 11.2. The smallest absolute Gasteiger partial charge is 0.322 e. The maximum absolute atomic E-state index is 13.5. The van der Waals surface area contributed by atoms with Gasteiger partial charge in [-0.2, -0.15) is 0 Å². The summed E-state index contributed by atoms with van der Waals surface area (Å²) in [7, 11) is 1.41. The molecule has 1 aromatic heterocycles. The second kappa shape index (κ2) is 15.2. The minimum absolute atomic E-state index is 0.0196. The number of hydrogen-bond acceptors (Lipinski definition) is 7. The number of carbonyl (C=O) groups is 5. The number of benzene rings is 3. The highest BCUT2D eigenvalue weighted by Crippen LogP contribution is 2.27. The van der Waals surface area contributed by atoms with Crippen LogP contribution in [0.4, 0.5) is 0 Å². The van der Waals surface area contributed by atoms with E-state index in [9.17, 15) is 33.9 Å². The molecule has 0 spiro atoms. The molecule has 1 heterocycles. The second-order valence-corrected chi connectivity index (χ2v) is 12.1. The molecule has 0 aliphatic carbocycles. The number of nitrogens with one attached hydrogen (secondary N) is 4. The van der Waals surface area contributed by atoms with Crippen LogP contribution in [0.25, 0.3) is 21.7 Å². The largest absolute Gasteiger partial charge is 0.506 e. The standard InChI is InChI=1S/C35H39N5O8/c1-19(2)13-26(39-33(46)27(38-20(3)41)16-21-9-11-23-7-5-6-8-24(23)14-21)32(45)36-17-22-10-12-28-25(15-22)31(44)30(35(48)40(28)4)34(47)37-18-29(42)43/h5-12,14-15,19,26-27,44H,13,16-18H2,1-4H3,(H,36,45)(H,37,47)(H,38,41)(H,39,46)(H,42,43)/t26-,27-/m0/s1. The van der Waals surface area contributed by atoms with E-state index in [1.807, 2.05) is 56.3 Å². The summed E-state index contributed by atoms with van der Waals surface area (Å²) in [5, 5.41) is 32.3. The zero-order valence-corrected chi connectivity index (χ0v) is 27.1. The second-order valence-electron chi connectivity index (χ2n) is 12.1. The van der Waals surface area contributed by atoms with Gasteiger partial charge in [0.2, 0.25) is 17.7 Å². The van der Waals surface area contributed by atoms with Crippen LogP contribution in [0.1, 0.15) is 48.7 Å². The molecule has 0 bridgehead atoms. The number of aryl methyl sites for hydroxylation is 1. The first-order valence-electron chi connectivity index (χ1n) is 15.4. The van der Waals surface area contributed by atoms with Crippen molar-refractivity contribution in [3.05, 3.63) is 87.7 Å². The van der Waals surface area contributed by atoms with Crippen molar-refractivity contribution in [1.29, 1.82) is 0 Å². The van der Waals surface area contributed by atoms with Crippen LogP contribution in [0.3, 0.4) is 0 Å². The van der Waals surface area contributed by atoms with Crippen molar-refractivity contribution in [2.75, 3.05) is 6.54 Å². The molecule has 0 saturated carbocycles. The van der Waals surface area contributed by atoms with Gasteiger partial charge in [-0.3, -0.25) is 28.8 Å². The molecule has 2 atom stereocenters. The number of aliphatic carboxylic acids is 1. The highest BCUT2D eigenvalue weighted by molar-refractivity contribution is 6.03. The van der Waals surface area contributed by atoms with Crippen LogP contribution in [0.2, 0.25) is 0 Å². The lowest BCUT2D eigenvalue weighted by molar-refractivity contribution is -0.135. The van der Waals surface area contributed by atoms with Gasteiger partial charge in [0, 0.05) is 32.3 Å². The molecule has 4 aromatic rings. The number of amides is 4. The Morgan fingerprint density at radius 1 is 0.833 bits per heavy atom. The van der Waals surface area contributed by atoms with Gasteiger partial charge in [0.15, 0.2) is 0 Å². The van der Waals surface area contributed by atoms with Crippen molar-refractivity contribution in [1.82, 2.24) is 25.8 Å². The van der Waals surface area contributed by atoms with E-state index in [0.29, 0.717) is 17.5 Å². The van der Waals surface area contributed by atoms with Crippen LogP contribution in [0.5, 0.6) is 5.75 Å². The average molecular weight is 658 g/mol. The zero-order chi connectivity index (χ0) is 35.1. The molecule has 0 fully saturated rings. The van der Waals surface area contributed by atoms with E-state index < -0.39 is 59.2 Å². The maximum atomic E-state index is 13.5. The van der Waals surface area contributed by atoms with Crippen molar-refractivity contribution >= 4 is 51.3 Å². The molecule has 0 radical (unpaired) electrons. The minimum atomic E-state index is -1.32. The topological polar surface area (TPSA) is 196 Å². The summed E-state index contributed by atoms with van der Waals surface area (Å²) in [5.41, 5.74) is 0.248. The number of aromatic nitrogens is 1. The van der Waals surface area contributed by atoms with Crippen LogP contribution in [0, 0.1) is 5.92 Å². The Balaban J connectivity index is 1.52. The third-order valence-corrected chi connectivity index (χ3v) is 7.81. The number of fused-ring (bicyclic) bond motifs is 2. The lowest BCUT2D eigenvalue weighted by Crippen LogP contribution is -2.54. The van der Waals surface area contributed by atoms with E-state index in [1.165, 1.54) is 20.0 Å². The molecule has 3 aromatic carbocycles. The van der Waals surface area contributed by atoms with Gasteiger partial charge < -0.3 is 36.0 Å². The van der Waals surface area contributed by atoms with Gasteiger partial charge in [0.05, 0.1) is 5.52 Å². The molecule has 252 valence electrons. The Morgan fingerprint density at radius 2 is 1.52 bits per heavy atom. The van der Waals surface area contributed by atoms with E-state index >= 15 is 0 Å². The van der Waals surface area contributed by atoms with Crippen molar-refractivity contribution in [2.24, 2.45) is 13.0 Å². The summed E-state index contributed by atoms with van der Waals surface area (Å²) in [6, 6.07) is 16.4. The number of pyridine rings is 1. The molecule has 0 saturated heterocycles. The third kappa shape index (κ3) is 8.55. The SMILES string of the molecule is CC(=O)N[C@@H](Cc1ccc2ccccc2c1)C(=O)N[C@@H](CC(C)C)C(=O)NCc1ccc2c(c1)c(O)c(C(=O)NCC(=O)O)c(=O)n2C. The maximum Gasteiger partial charge on any atom is 0.322 e. The lowest BCUT2D eigenvalue weighted by Gasteiger charge is -2.24. The van der Waals surface area contributed by atoms with Crippen LogP contribution >= 0.6 is 0 Å². The van der Waals surface area contributed by atoms with Crippen LogP contribution in [-0.4, -0.2) is 63.0 Å². The Bertz CT molecular complexity index is 1950.